The number of aromatic nitrogens is 1. The van der Waals surface area contributed by atoms with Crippen molar-refractivity contribution in [2.75, 3.05) is 31.2 Å². The van der Waals surface area contributed by atoms with Crippen LogP contribution in [0.2, 0.25) is 0 Å². The van der Waals surface area contributed by atoms with Crippen molar-refractivity contribution in [1.82, 2.24) is 4.98 Å². The van der Waals surface area contributed by atoms with E-state index >= 15 is 0 Å². The predicted molar refractivity (Wildman–Crippen MR) is 73.8 cm³/mol. The summed E-state index contributed by atoms with van der Waals surface area (Å²) in [6, 6.07) is 15.5. The number of anilines is 1. The average Bonchev–Trinajstić information content (AvgIpc) is 2.49. The minimum Gasteiger partial charge on any atom is -0.439 e. The minimum atomic E-state index is 0.621. The smallest absolute Gasteiger partial charge is 0.221 e. The summed E-state index contributed by atoms with van der Waals surface area (Å²) in [4.78, 5) is 6.75. The summed E-state index contributed by atoms with van der Waals surface area (Å²) in [6.07, 6.45) is 0. The summed E-state index contributed by atoms with van der Waals surface area (Å²) in [5.74, 6) is 2.36. The maximum atomic E-state index is 5.74. The molecule has 0 unspecified atom stereocenters. The number of morpholine rings is 1. The third kappa shape index (κ3) is 3.03. The largest absolute Gasteiger partial charge is 0.439 e. The van der Waals surface area contributed by atoms with E-state index in [9.17, 15) is 0 Å². The first-order valence-corrected chi connectivity index (χ1v) is 6.44. The van der Waals surface area contributed by atoms with Crippen LogP contribution in [0, 0.1) is 0 Å². The molecule has 3 rings (SSSR count). The summed E-state index contributed by atoms with van der Waals surface area (Å²) in [5.41, 5.74) is 0. The van der Waals surface area contributed by atoms with Crippen molar-refractivity contribution in [3.8, 4) is 11.6 Å². The van der Waals surface area contributed by atoms with E-state index in [1.807, 2.05) is 48.5 Å². The van der Waals surface area contributed by atoms with Crippen LogP contribution < -0.4 is 9.64 Å². The molecule has 1 aliphatic rings. The van der Waals surface area contributed by atoms with Crippen molar-refractivity contribution in [3.05, 3.63) is 48.5 Å². The second kappa shape index (κ2) is 5.71. The number of rotatable bonds is 3. The number of ether oxygens (including phenoxy) is 2. The van der Waals surface area contributed by atoms with Gasteiger partial charge in [-0.25, -0.2) is 0 Å². The molecule has 1 aromatic carbocycles. The van der Waals surface area contributed by atoms with Gasteiger partial charge < -0.3 is 14.4 Å². The predicted octanol–water partition coefficient (Wildman–Crippen LogP) is 2.71. The van der Waals surface area contributed by atoms with Crippen molar-refractivity contribution >= 4 is 5.82 Å². The van der Waals surface area contributed by atoms with Crippen LogP contribution in [0.15, 0.2) is 48.5 Å². The maximum Gasteiger partial charge on any atom is 0.221 e. The Morgan fingerprint density at radius 3 is 2.53 bits per heavy atom. The van der Waals surface area contributed by atoms with E-state index in [1.54, 1.807) is 0 Å². The van der Waals surface area contributed by atoms with Crippen molar-refractivity contribution in [2.24, 2.45) is 0 Å². The Morgan fingerprint density at radius 1 is 0.947 bits per heavy atom. The molecule has 2 heterocycles. The van der Waals surface area contributed by atoms with Crippen molar-refractivity contribution in [3.63, 3.8) is 0 Å². The molecule has 19 heavy (non-hydrogen) atoms. The van der Waals surface area contributed by atoms with Gasteiger partial charge >= 0.3 is 0 Å². The van der Waals surface area contributed by atoms with E-state index in [4.69, 9.17) is 9.47 Å². The van der Waals surface area contributed by atoms with Crippen molar-refractivity contribution in [1.29, 1.82) is 0 Å². The molecule has 1 saturated heterocycles. The quantitative estimate of drug-likeness (QED) is 0.845. The van der Waals surface area contributed by atoms with Gasteiger partial charge in [0.25, 0.3) is 0 Å². The number of para-hydroxylation sites is 1. The van der Waals surface area contributed by atoms with E-state index in [1.165, 1.54) is 0 Å². The monoisotopic (exact) mass is 256 g/mol. The van der Waals surface area contributed by atoms with Gasteiger partial charge in [0, 0.05) is 19.2 Å². The van der Waals surface area contributed by atoms with Gasteiger partial charge in [-0.05, 0) is 18.2 Å². The van der Waals surface area contributed by atoms with Crippen LogP contribution in [0.5, 0.6) is 11.6 Å². The van der Waals surface area contributed by atoms with E-state index < -0.39 is 0 Å². The van der Waals surface area contributed by atoms with Crippen LogP contribution in [-0.4, -0.2) is 31.3 Å². The molecule has 0 amide bonds. The molecule has 0 N–H and O–H groups in total. The molecule has 2 aromatic rings. The fourth-order valence-corrected chi connectivity index (χ4v) is 2.04. The summed E-state index contributed by atoms with van der Waals surface area (Å²) in [6.45, 7) is 3.26. The average molecular weight is 256 g/mol. The third-order valence-electron chi connectivity index (χ3n) is 3.01. The lowest BCUT2D eigenvalue weighted by atomic mass is 10.3. The molecule has 0 radical (unpaired) electrons. The Morgan fingerprint density at radius 2 is 1.74 bits per heavy atom. The molecule has 1 aliphatic heterocycles. The number of benzene rings is 1. The number of hydrogen-bond donors (Lipinski definition) is 0. The first kappa shape index (κ1) is 12.0. The van der Waals surface area contributed by atoms with Crippen LogP contribution in [0.4, 0.5) is 5.82 Å². The maximum absolute atomic E-state index is 5.74. The molecule has 98 valence electrons. The van der Waals surface area contributed by atoms with E-state index in [-0.39, 0.29) is 0 Å². The minimum absolute atomic E-state index is 0.621. The van der Waals surface area contributed by atoms with Gasteiger partial charge in [-0.3, -0.25) is 0 Å². The molecule has 4 nitrogen and oxygen atoms in total. The number of nitrogens with zero attached hydrogens (tertiary/aromatic N) is 2. The third-order valence-corrected chi connectivity index (χ3v) is 3.01. The van der Waals surface area contributed by atoms with Gasteiger partial charge in [-0.2, -0.15) is 4.98 Å². The number of pyridine rings is 1. The Bertz CT molecular complexity index is 525. The highest BCUT2D eigenvalue weighted by Gasteiger charge is 2.12. The molecule has 0 atom stereocenters. The van der Waals surface area contributed by atoms with Gasteiger partial charge in [-0.15, -0.1) is 0 Å². The highest BCUT2D eigenvalue weighted by Crippen LogP contribution is 2.22. The fraction of sp³-hybridized carbons (Fsp3) is 0.267. The fourth-order valence-electron chi connectivity index (χ4n) is 2.04. The molecule has 4 heteroatoms. The van der Waals surface area contributed by atoms with Gasteiger partial charge in [0.2, 0.25) is 5.88 Å². The zero-order chi connectivity index (χ0) is 12.9. The highest BCUT2D eigenvalue weighted by molar-refractivity contribution is 5.41. The van der Waals surface area contributed by atoms with Crippen LogP contribution in [-0.2, 0) is 4.74 Å². The van der Waals surface area contributed by atoms with E-state index in [0.29, 0.717) is 5.88 Å². The topological polar surface area (TPSA) is 34.6 Å². The lowest BCUT2D eigenvalue weighted by Gasteiger charge is -2.27. The zero-order valence-electron chi connectivity index (χ0n) is 10.7. The first-order valence-electron chi connectivity index (χ1n) is 6.44. The standard InChI is InChI=1S/C15H16N2O2/c1-2-5-13(6-3-1)19-15-8-4-7-14(16-15)17-9-11-18-12-10-17/h1-8H,9-12H2. The molecule has 0 bridgehead atoms. The second-order valence-corrected chi connectivity index (χ2v) is 4.35. The lowest BCUT2D eigenvalue weighted by Crippen LogP contribution is -2.36. The van der Waals surface area contributed by atoms with Gasteiger partial charge in [0.15, 0.2) is 0 Å². The highest BCUT2D eigenvalue weighted by atomic mass is 16.5. The molecule has 1 aromatic heterocycles. The normalized spacial score (nSPS) is 15.3. The van der Waals surface area contributed by atoms with E-state index in [0.717, 1.165) is 37.9 Å². The van der Waals surface area contributed by atoms with Crippen molar-refractivity contribution in [2.45, 2.75) is 0 Å². The van der Waals surface area contributed by atoms with Crippen LogP contribution in [0.25, 0.3) is 0 Å². The SMILES string of the molecule is c1ccc(Oc2cccc(N3CCOCC3)n2)cc1. The summed E-state index contributed by atoms with van der Waals surface area (Å²) in [5, 5.41) is 0. The Hall–Kier alpha value is -2.07. The summed E-state index contributed by atoms with van der Waals surface area (Å²) < 4.78 is 11.1. The van der Waals surface area contributed by atoms with Crippen LogP contribution in [0.1, 0.15) is 0 Å². The van der Waals surface area contributed by atoms with E-state index in [2.05, 4.69) is 9.88 Å². The number of hydrogen-bond acceptors (Lipinski definition) is 4. The van der Waals surface area contributed by atoms with Crippen LogP contribution >= 0.6 is 0 Å². The summed E-state index contributed by atoms with van der Waals surface area (Å²) >= 11 is 0. The second-order valence-electron chi connectivity index (χ2n) is 4.35. The molecular weight excluding hydrogens is 240 g/mol. The Labute approximate surface area is 112 Å². The lowest BCUT2D eigenvalue weighted by molar-refractivity contribution is 0.122. The first-order chi connectivity index (χ1) is 9.42. The Balaban J connectivity index is 1.76. The van der Waals surface area contributed by atoms with Crippen LogP contribution in [0.3, 0.4) is 0 Å². The molecule has 1 fully saturated rings. The molecule has 0 spiro atoms. The van der Waals surface area contributed by atoms with Gasteiger partial charge in [0.1, 0.15) is 11.6 Å². The summed E-state index contributed by atoms with van der Waals surface area (Å²) in [7, 11) is 0. The Kier molecular flexibility index (Phi) is 3.61. The van der Waals surface area contributed by atoms with Crippen molar-refractivity contribution < 1.29 is 9.47 Å². The molecule has 0 saturated carbocycles. The zero-order valence-corrected chi connectivity index (χ0v) is 10.7. The van der Waals surface area contributed by atoms with Gasteiger partial charge in [-0.1, -0.05) is 24.3 Å². The van der Waals surface area contributed by atoms with Gasteiger partial charge in [0.05, 0.1) is 13.2 Å². The molecule has 0 aliphatic carbocycles. The molecular formula is C15H16N2O2.